The Balaban J connectivity index is 2.30. The minimum Gasteiger partial charge on any atom is -0.330 e. The molecule has 2 rings (SSSR count). The fourth-order valence-electron chi connectivity index (χ4n) is 1.80. The zero-order chi connectivity index (χ0) is 10.1. The Labute approximate surface area is 93.1 Å². The molecule has 0 aliphatic heterocycles. The molecule has 2 N–H and O–H groups in total. The van der Waals surface area contributed by atoms with Crippen molar-refractivity contribution in [3.8, 4) is 0 Å². The molecule has 0 radical (unpaired) electrons. The van der Waals surface area contributed by atoms with Gasteiger partial charge in [-0.15, -0.1) is 0 Å². The van der Waals surface area contributed by atoms with E-state index in [2.05, 4.69) is 47.1 Å². The lowest BCUT2D eigenvalue weighted by Crippen LogP contribution is -2.12. The van der Waals surface area contributed by atoms with Crippen molar-refractivity contribution in [3.05, 3.63) is 39.4 Å². The Bertz CT molecular complexity index is 382. The van der Waals surface area contributed by atoms with Gasteiger partial charge in [0.05, 0.1) is 0 Å². The largest absolute Gasteiger partial charge is 0.330 e. The first-order chi connectivity index (χ1) is 6.70. The third-order valence-electron chi connectivity index (χ3n) is 2.83. The second-order valence-electron chi connectivity index (χ2n) is 3.88. The Hall–Kier alpha value is -0.600. The molecule has 1 aromatic rings. The summed E-state index contributed by atoms with van der Waals surface area (Å²) in [6, 6.07) is 6.46. The van der Waals surface area contributed by atoms with Crippen LogP contribution in [0.2, 0.25) is 0 Å². The molecule has 1 nitrogen and oxygen atoms in total. The average molecular weight is 252 g/mol. The Morgan fingerprint density at radius 2 is 2.29 bits per heavy atom. The summed E-state index contributed by atoms with van der Waals surface area (Å²) in [7, 11) is 0. The Kier molecular flexibility index (Phi) is 2.75. The first kappa shape index (κ1) is 9.94. The number of hydrogen-bond donors (Lipinski definition) is 1. The molecule has 0 bridgehead atoms. The molecular formula is C12H14BrN. The van der Waals surface area contributed by atoms with Crippen LogP contribution in [0.3, 0.4) is 0 Å². The molecule has 0 aromatic heterocycles. The van der Waals surface area contributed by atoms with E-state index in [1.54, 1.807) is 0 Å². The quantitative estimate of drug-likeness (QED) is 0.860. The smallest absolute Gasteiger partial charge is 0.0181 e. The zero-order valence-electron chi connectivity index (χ0n) is 8.26. The van der Waals surface area contributed by atoms with Gasteiger partial charge in [-0.3, -0.25) is 0 Å². The summed E-state index contributed by atoms with van der Waals surface area (Å²) in [5.74, 6) is 0.501. The predicted octanol–water partition coefficient (Wildman–Crippen LogP) is 2.98. The maximum Gasteiger partial charge on any atom is 0.0181 e. The molecule has 0 fully saturated rings. The summed E-state index contributed by atoms with van der Waals surface area (Å²) in [5, 5.41) is 0. The van der Waals surface area contributed by atoms with Crippen molar-refractivity contribution >= 4 is 22.0 Å². The summed E-state index contributed by atoms with van der Waals surface area (Å²) in [5.41, 5.74) is 9.89. The fourth-order valence-corrected chi connectivity index (χ4v) is 2.18. The standard InChI is InChI=1S/C12H14BrN/c1-8(7-14)10-4-9-2-3-12(13)6-11(9)5-10/h2-3,5-6,8H,4,7,14H2,1H3. The lowest BCUT2D eigenvalue weighted by atomic mass is 10.00. The van der Waals surface area contributed by atoms with Gasteiger partial charge < -0.3 is 5.73 Å². The summed E-state index contributed by atoms with van der Waals surface area (Å²) < 4.78 is 1.15. The highest BCUT2D eigenvalue weighted by Crippen LogP contribution is 2.30. The summed E-state index contributed by atoms with van der Waals surface area (Å²) in [4.78, 5) is 0. The normalized spacial score (nSPS) is 16.4. The molecule has 1 atom stereocenters. The van der Waals surface area contributed by atoms with E-state index in [1.807, 2.05) is 0 Å². The lowest BCUT2D eigenvalue weighted by Gasteiger charge is -2.08. The molecule has 1 aliphatic rings. The van der Waals surface area contributed by atoms with Gasteiger partial charge in [-0.25, -0.2) is 0 Å². The van der Waals surface area contributed by atoms with E-state index in [4.69, 9.17) is 5.73 Å². The molecular weight excluding hydrogens is 238 g/mol. The van der Waals surface area contributed by atoms with Gasteiger partial charge in [0.2, 0.25) is 0 Å². The van der Waals surface area contributed by atoms with Crippen LogP contribution in [0.1, 0.15) is 18.1 Å². The van der Waals surface area contributed by atoms with Crippen molar-refractivity contribution in [2.24, 2.45) is 11.7 Å². The summed E-state index contributed by atoms with van der Waals surface area (Å²) >= 11 is 3.48. The number of fused-ring (bicyclic) bond motifs is 1. The number of halogens is 1. The molecule has 2 heteroatoms. The van der Waals surface area contributed by atoms with Gasteiger partial charge in [0.1, 0.15) is 0 Å². The maximum atomic E-state index is 5.67. The van der Waals surface area contributed by atoms with Gasteiger partial charge in [0.25, 0.3) is 0 Å². The van der Waals surface area contributed by atoms with Crippen LogP contribution in [-0.2, 0) is 6.42 Å². The minimum atomic E-state index is 0.501. The SMILES string of the molecule is CC(CN)C1=Cc2cc(Br)ccc2C1. The highest BCUT2D eigenvalue weighted by molar-refractivity contribution is 9.10. The van der Waals surface area contributed by atoms with E-state index < -0.39 is 0 Å². The molecule has 1 aromatic carbocycles. The van der Waals surface area contributed by atoms with Crippen molar-refractivity contribution in [2.75, 3.05) is 6.54 Å². The lowest BCUT2D eigenvalue weighted by molar-refractivity contribution is 0.684. The van der Waals surface area contributed by atoms with E-state index >= 15 is 0 Å². The van der Waals surface area contributed by atoms with Crippen LogP contribution < -0.4 is 5.73 Å². The first-order valence-corrected chi connectivity index (χ1v) is 5.69. The number of nitrogens with two attached hydrogens (primary N) is 1. The third-order valence-corrected chi connectivity index (χ3v) is 3.32. The molecule has 1 aliphatic carbocycles. The minimum absolute atomic E-state index is 0.501. The number of benzene rings is 1. The van der Waals surface area contributed by atoms with Crippen molar-refractivity contribution < 1.29 is 0 Å². The molecule has 1 unspecified atom stereocenters. The van der Waals surface area contributed by atoms with Crippen molar-refractivity contribution in [1.29, 1.82) is 0 Å². The third kappa shape index (κ3) is 1.77. The van der Waals surface area contributed by atoms with E-state index in [0.717, 1.165) is 17.4 Å². The predicted molar refractivity (Wildman–Crippen MR) is 64.0 cm³/mol. The monoisotopic (exact) mass is 251 g/mol. The van der Waals surface area contributed by atoms with Crippen molar-refractivity contribution in [1.82, 2.24) is 0 Å². The van der Waals surface area contributed by atoms with Crippen LogP contribution >= 0.6 is 15.9 Å². The van der Waals surface area contributed by atoms with Gasteiger partial charge in [-0.1, -0.05) is 40.6 Å². The van der Waals surface area contributed by atoms with E-state index in [1.165, 1.54) is 16.7 Å². The van der Waals surface area contributed by atoms with Crippen LogP contribution in [0.5, 0.6) is 0 Å². The number of hydrogen-bond acceptors (Lipinski definition) is 1. The van der Waals surface area contributed by atoms with Crippen LogP contribution in [0.15, 0.2) is 28.2 Å². The summed E-state index contributed by atoms with van der Waals surface area (Å²) in [6.07, 6.45) is 3.35. The first-order valence-electron chi connectivity index (χ1n) is 4.89. The van der Waals surface area contributed by atoms with Gasteiger partial charge >= 0.3 is 0 Å². The van der Waals surface area contributed by atoms with Crippen LogP contribution in [-0.4, -0.2) is 6.54 Å². The Morgan fingerprint density at radius 3 is 3.00 bits per heavy atom. The fraction of sp³-hybridized carbons (Fsp3) is 0.333. The van der Waals surface area contributed by atoms with Crippen molar-refractivity contribution in [2.45, 2.75) is 13.3 Å². The molecule has 74 valence electrons. The topological polar surface area (TPSA) is 26.0 Å². The van der Waals surface area contributed by atoms with Crippen molar-refractivity contribution in [3.63, 3.8) is 0 Å². The molecule has 0 heterocycles. The molecule has 0 spiro atoms. The molecule has 0 saturated carbocycles. The average Bonchev–Trinajstić information content (AvgIpc) is 2.59. The second-order valence-corrected chi connectivity index (χ2v) is 4.79. The van der Waals surface area contributed by atoms with Crippen LogP contribution in [0.25, 0.3) is 6.08 Å². The van der Waals surface area contributed by atoms with E-state index in [-0.39, 0.29) is 0 Å². The highest BCUT2D eigenvalue weighted by atomic mass is 79.9. The second kappa shape index (κ2) is 3.87. The van der Waals surface area contributed by atoms with Crippen LogP contribution in [0.4, 0.5) is 0 Å². The zero-order valence-corrected chi connectivity index (χ0v) is 9.84. The van der Waals surface area contributed by atoms with Crippen LogP contribution in [0, 0.1) is 5.92 Å². The maximum absolute atomic E-state index is 5.67. The van der Waals surface area contributed by atoms with Gasteiger partial charge in [0.15, 0.2) is 0 Å². The molecule has 14 heavy (non-hydrogen) atoms. The summed E-state index contributed by atoms with van der Waals surface area (Å²) in [6.45, 7) is 2.92. The van der Waals surface area contributed by atoms with Gasteiger partial charge in [-0.2, -0.15) is 0 Å². The van der Waals surface area contributed by atoms with E-state index in [9.17, 15) is 0 Å². The number of rotatable bonds is 2. The highest BCUT2D eigenvalue weighted by Gasteiger charge is 2.16. The van der Waals surface area contributed by atoms with Gasteiger partial charge in [0, 0.05) is 4.47 Å². The van der Waals surface area contributed by atoms with Gasteiger partial charge in [-0.05, 0) is 42.1 Å². The van der Waals surface area contributed by atoms with E-state index in [0.29, 0.717) is 5.92 Å². The molecule has 0 amide bonds. The Morgan fingerprint density at radius 1 is 1.50 bits per heavy atom. The molecule has 0 saturated heterocycles.